The van der Waals surface area contributed by atoms with Gasteiger partial charge < -0.3 is 13.9 Å². The van der Waals surface area contributed by atoms with Gasteiger partial charge in [0.2, 0.25) is 5.89 Å². The highest BCUT2D eigenvalue weighted by molar-refractivity contribution is 5.53. The molecule has 0 bridgehead atoms. The molecule has 9 heteroatoms. The number of allylic oxidation sites excluding steroid dienone is 1. The number of methoxy groups -OCH3 is 1. The predicted octanol–water partition coefficient (Wildman–Crippen LogP) is 3.17. The molecule has 1 atom stereocenters. The largest absolute Gasteiger partial charge is 0.490 e. The van der Waals surface area contributed by atoms with E-state index in [2.05, 4.69) is 5.10 Å². The number of alkyl halides is 3. The lowest BCUT2D eigenvalue weighted by Gasteiger charge is -2.06. The van der Waals surface area contributed by atoms with Crippen LogP contribution in [0.15, 0.2) is 45.6 Å². The molecule has 0 radical (unpaired) electrons. The molecule has 0 amide bonds. The molecule has 0 spiro atoms. The van der Waals surface area contributed by atoms with Crippen LogP contribution in [0, 0.1) is 0 Å². The number of halogens is 3. The molecule has 0 saturated carbocycles. The average Bonchev–Trinajstić information content (AvgIpc) is 2.92. The number of aromatic nitrogens is 2. The summed E-state index contributed by atoms with van der Waals surface area (Å²) in [5, 5.41) is 4.02. The number of benzene rings is 1. The maximum atomic E-state index is 11.9. The summed E-state index contributed by atoms with van der Waals surface area (Å²) in [6.45, 7) is 1.42. The summed E-state index contributed by atoms with van der Waals surface area (Å²) in [5.74, 6) is -0.179. The summed E-state index contributed by atoms with van der Waals surface area (Å²) in [6.07, 6.45) is -3.94. The molecule has 0 aliphatic heterocycles. The molecule has 6 nitrogen and oxygen atoms in total. The topological polar surface area (TPSA) is 66.5 Å². The van der Waals surface area contributed by atoms with Crippen molar-refractivity contribution in [1.82, 2.24) is 9.78 Å². The first-order valence-corrected chi connectivity index (χ1v) is 6.90. The van der Waals surface area contributed by atoms with Crippen LogP contribution >= 0.6 is 0 Å². The van der Waals surface area contributed by atoms with Gasteiger partial charge in [-0.1, -0.05) is 0 Å². The van der Waals surface area contributed by atoms with Crippen molar-refractivity contribution in [2.24, 2.45) is 0 Å². The van der Waals surface area contributed by atoms with E-state index in [0.29, 0.717) is 11.3 Å². The Morgan fingerprint density at radius 3 is 2.58 bits per heavy atom. The van der Waals surface area contributed by atoms with E-state index < -0.39 is 18.2 Å². The van der Waals surface area contributed by atoms with Crippen LogP contribution in [0.5, 0.6) is 5.75 Å². The monoisotopic (exact) mass is 344 g/mol. The van der Waals surface area contributed by atoms with Gasteiger partial charge in [-0.15, -0.1) is 5.10 Å². The standard InChI is InChI=1S/C15H15F3N2O4/c1-10(22-2)20-14(21)24-13(19-20)11-4-6-12(7-5-11)23-9-3-8-15(16,17)18/h3-8,10H,9H2,1-2H3. The first kappa shape index (κ1) is 17.8. The van der Waals surface area contributed by atoms with Crippen LogP contribution in [0.1, 0.15) is 13.2 Å². The van der Waals surface area contributed by atoms with E-state index in [-0.39, 0.29) is 18.6 Å². The normalized spacial score (nSPS) is 13.4. The van der Waals surface area contributed by atoms with E-state index in [1.165, 1.54) is 19.2 Å². The molecule has 0 aliphatic carbocycles. The van der Waals surface area contributed by atoms with Gasteiger partial charge in [-0.3, -0.25) is 0 Å². The fourth-order valence-corrected chi connectivity index (χ4v) is 1.75. The molecule has 0 fully saturated rings. The van der Waals surface area contributed by atoms with Crippen LogP contribution in [-0.4, -0.2) is 29.7 Å². The highest BCUT2D eigenvalue weighted by Gasteiger charge is 2.21. The Balaban J connectivity index is 2.04. The Bertz CT molecular complexity index is 747. The molecule has 1 aromatic heterocycles. The molecule has 24 heavy (non-hydrogen) atoms. The smallest absolute Gasteiger partial charge is 0.439 e. The van der Waals surface area contributed by atoms with Crippen molar-refractivity contribution in [2.45, 2.75) is 19.3 Å². The van der Waals surface area contributed by atoms with E-state index in [4.69, 9.17) is 13.9 Å². The first-order chi connectivity index (χ1) is 11.3. The second-order valence-corrected chi connectivity index (χ2v) is 4.73. The van der Waals surface area contributed by atoms with E-state index in [1.807, 2.05) is 0 Å². The third kappa shape index (κ3) is 4.72. The van der Waals surface area contributed by atoms with Crippen molar-refractivity contribution < 1.29 is 27.1 Å². The van der Waals surface area contributed by atoms with Crippen LogP contribution in [-0.2, 0) is 4.74 Å². The van der Waals surface area contributed by atoms with Crippen molar-refractivity contribution in [3.63, 3.8) is 0 Å². The molecule has 0 aliphatic rings. The zero-order valence-electron chi connectivity index (χ0n) is 12.9. The van der Waals surface area contributed by atoms with Crippen molar-refractivity contribution in [3.05, 3.63) is 47.0 Å². The van der Waals surface area contributed by atoms with Gasteiger partial charge in [-0.2, -0.15) is 17.9 Å². The van der Waals surface area contributed by atoms with Crippen LogP contribution < -0.4 is 10.5 Å². The Morgan fingerprint density at radius 2 is 2.00 bits per heavy atom. The maximum Gasteiger partial charge on any atom is 0.439 e. The van der Waals surface area contributed by atoms with Gasteiger partial charge in [0, 0.05) is 18.7 Å². The van der Waals surface area contributed by atoms with Gasteiger partial charge in [0.15, 0.2) is 6.23 Å². The summed E-state index contributed by atoms with van der Waals surface area (Å²) < 4.78 is 52.1. The minimum atomic E-state index is -4.36. The van der Waals surface area contributed by atoms with Gasteiger partial charge in [-0.05, 0) is 37.3 Å². The predicted molar refractivity (Wildman–Crippen MR) is 78.6 cm³/mol. The third-order valence-corrected chi connectivity index (χ3v) is 3.01. The number of ether oxygens (including phenoxy) is 2. The lowest BCUT2D eigenvalue weighted by Crippen LogP contribution is -2.20. The lowest BCUT2D eigenvalue weighted by atomic mass is 10.2. The zero-order valence-corrected chi connectivity index (χ0v) is 12.9. The minimum Gasteiger partial charge on any atom is -0.490 e. The van der Waals surface area contributed by atoms with Gasteiger partial charge in [-0.25, -0.2) is 4.79 Å². The molecular formula is C15H15F3N2O4. The van der Waals surface area contributed by atoms with Gasteiger partial charge in [0.25, 0.3) is 0 Å². The van der Waals surface area contributed by atoms with Crippen molar-refractivity contribution in [1.29, 1.82) is 0 Å². The molecule has 0 N–H and O–H groups in total. The molecule has 130 valence electrons. The first-order valence-electron chi connectivity index (χ1n) is 6.90. The summed E-state index contributed by atoms with van der Waals surface area (Å²) in [7, 11) is 1.44. The molecule has 0 saturated heterocycles. The van der Waals surface area contributed by atoms with Crippen molar-refractivity contribution >= 4 is 0 Å². The Labute approximate surface area is 135 Å². The highest BCUT2D eigenvalue weighted by atomic mass is 19.4. The van der Waals surface area contributed by atoms with Gasteiger partial charge >= 0.3 is 11.9 Å². The third-order valence-electron chi connectivity index (χ3n) is 3.01. The fraction of sp³-hybridized carbons (Fsp3) is 0.333. The second-order valence-electron chi connectivity index (χ2n) is 4.73. The average molecular weight is 344 g/mol. The number of nitrogens with zero attached hydrogens (tertiary/aromatic N) is 2. The van der Waals surface area contributed by atoms with Crippen LogP contribution in [0.4, 0.5) is 13.2 Å². The SMILES string of the molecule is COC(C)n1nc(-c2ccc(OCC=CC(F)(F)F)cc2)oc1=O. The van der Waals surface area contributed by atoms with Gasteiger partial charge in [0.1, 0.15) is 12.4 Å². The second kappa shape index (κ2) is 7.35. The summed E-state index contributed by atoms with van der Waals surface area (Å²) in [5.41, 5.74) is 0.521. The summed E-state index contributed by atoms with van der Waals surface area (Å²) in [6, 6.07) is 6.23. The van der Waals surface area contributed by atoms with Crippen molar-refractivity contribution in [3.8, 4) is 17.2 Å². The summed E-state index contributed by atoms with van der Waals surface area (Å²) in [4.78, 5) is 11.7. The number of rotatable bonds is 6. The summed E-state index contributed by atoms with van der Waals surface area (Å²) >= 11 is 0. The van der Waals surface area contributed by atoms with Crippen LogP contribution in [0.25, 0.3) is 11.5 Å². The highest BCUT2D eigenvalue weighted by Crippen LogP contribution is 2.21. The van der Waals surface area contributed by atoms with Crippen LogP contribution in [0.3, 0.4) is 0 Å². The molecule has 1 unspecified atom stereocenters. The minimum absolute atomic E-state index is 0.104. The quantitative estimate of drug-likeness (QED) is 0.753. The van der Waals surface area contributed by atoms with Crippen molar-refractivity contribution in [2.75, 3.05) is 13.7 Å². The molecule has 1 heterocycles. The van der Waals surface area contributed by atoms with E-state index in [0.717, 1.165) is 10.8 Å². The number of hydrogen-bond donors (Lipinski definition) is 0. The Kier molecular flexibility index (Phi) is 5.45. The Hall–Kier alpha value is -2.55. The lowest BCUT2D eigenvalue weighted by molar-refractivity contribution is -0.0801. The molecule has 2 rings (SSSR count). The molecule has 1 aromatic carbocycles. The fourth-order valence-electron chi connectivity index (χ4n) is 1.75. The van der Waals surface area contributed by atoms with Gasteiger partial charge in [0.05, 0.1) is 0 Å². The molecular weight excluding hydrogens is 329 g/mol. The van der Waals surface area contributed by atoms with Crippen LogP contribution in [0.2, 0.25) is 0 Å². The molecule has 2 aromatic rings. The van der Waals surface area contributed by atoms with E-state index in [1.54, 1.807) is 19.1 Å². The zero-order chi connectivity index (χ0) is 17.7. The van der Waals surface area contributed by atoms with E-state index >= 15 is 0 Å². The van der Waals surface area contributed by atoms with E-state index in [9.17, 15) is 18.0 Å². The number of hydrogen-bond acceptors (Lipinski definition) is 5. The Morgan fingerprint density at radius 1 is 1.33 bits per heavy atom. The maximum absolute atomic E-state index is 11.9.